The Labute approximate surface area is 119 Å². The fourth-order valence-electron chi connectivity index (χ4n) is 1.71. The fraction of sp³-hybridized carbons (Fsp3) is 0.467. The van der Waals surface area contributed by atoms with Crippen LogP contribution in [0.2, 0.25) is 0 Å². The molecular formula is C15H21N3S. The molecule has 0 saturated heterocycles. The van der Waals surface area contributed by atoms with E-state index < -0.39 is 0 Å². The second-order valence-corrected chi connectivity index (χ2v) is 6.70. The Bertz CT molecular complexity index is 537. The van der Waals surface area contributed by atoms with E-state index in [1.165, 1.54) is 22.7 Å². The average Bonchev–Trinajstić information content (AvgIpc) is 2.78. The average molecular weight is 275 g/mol. The lowest BCUT2D eigenvalue weighted by molar-refractivity contribution is 0.555. The number of rotatable bonds is 3. The van der Waals surface area contributed by atoms with Crippen molar-refractivity contribution < 1.29 is 0 Å². The van der Waals surface area contributed by atoms with Crippen LogP contribution in [-0.4, -0.2) is 9.36 Å². The van der Waals surface area contributed by atoms with Crippen LogP contribution in [0.4, 0.5) is 5.13 Å². The number of anilines is 1. The number of aryl methyl sites for hydroxylation is 1. The van der Waals surface area contributed by atoms with Gasteiger partial charge in [-0.1, -0.05) is 50.6 Å². The molecule has 4 heteroatoms. The van der Waals surface area contributed by atoms with Crippen molar-refractivity contribution in [1.29, 1.82) is 0 Å². The standard InChI is InChI=1S/C15H21N3S/c1-10-6-8-12(9-7-10)11(2)16-14-17-13(18-19-14)15(3,4)5/h6-9,11H,1-5H3,(H,16,17,18). The minimum absolute atomic E-state index is 0.00350. The molecule has 2 rings (SSSR count). The van der Waals surface area contributed by atoms with E-state index in [0.29, 0.717) is 0 Å². The zero-order valence-electron chi connectivity index (χ0n) is 12.2. The van der Waals surface area contributed by atoms with E-state index in [1.54, 1.807) is 0 Å². The summed E-state index contributed by atoms with van der Waals surface area (Å²) >= 11 is 1.43. The molecule has 102 valence electrons. The van der Waals surface area contributed by atoms with Crippen molar-refractivity contribution in [2.75, 3.05) is 5.32 Å². The summed E-state index contributed by atoms with van der Waals surface area (Å²) in [4.78, 5) is 4.56. The van der Waals surface area contributed by atoms with E-state index in [2.05, 4.69) is 73.6 Å². The zero-order valence-corrected chi connectivity index (χ0v) is 13.0. The van der Waals surface area contributed by atoms with E-state index in [-0.39, 0.29) is 11.5 Å². The molecule has 0 fully saturated rings. The van der Waals surface area contributed by atoms with E-state index in [4.69, 9.17) is 0 Å². The lowest BCUT2D eigenvalue weighted by atomic mass is 9.96. The second kappa shape index (κ2) is 5.29. The Balaban J connectivity index is 2.08. The summed E-state index contributed by atoms with van der Waals surface area (Å²) < 4.78 is 4.42. The smallest absolute Gasteiger partial charge is 0.203 e. The Morgan fingerprint density at radius 1 is 1.16 bits per heavy atom. The number of hydrogen-bond acceptors (Lipinski definition) is 4. The van der Waals surface area contributed by atoms with Gasteiger partial charge >= 0.3 is 0 Å². The molecule has 1 N–H and O–H groups in total. The molecular weight excluding hydrogens is 254 g/mol. The number of nitrogens with zero attached hydrogens (tertiary/aromatic N) is 2. The van der Waals surface area contributed by atoms with E-state index in [0.717, 1.165) is 11.0 Å². The van der Waals surface area contributed by atoms with Gasteiger partial charge < -0.3 is 5.32 Å². The topological polar surface area (TPSA) is 37.8 Å². The van der Waals surface area contributed by atoms with Gasteiger partial charge in [-0.05, 0) is 19.4 Å². The summed E-state index contributed by atoms with van der Waals surface area (Å²) in [6.45, 7) is 10.6. The van der Waals surface area contributed by atoms with Crippen LogP contribution < -0.4 is 5.32 Å². The third-order valence-electron chi connectivity index (χ3n) is 3.01. The van der Waals surface area contributed by atoms with Gasteiger partial charge in [0.1, 0.15) is 5.82 Å². The highest BCUT2D eigenvalue weighted by molar-refractivity contribution is 7.09. The van der Waals surface area contributed by atoms with Gasteiger partial charge in [0.15, 0.2) is 0 Å². The van der Waals surface area contributed by atoms with Crippen molar-refractivity contribution in [3.63, 3.8) is 0 Å². The van der Waals surface area contributed by atoms with Gasteiger partial charge in [-0.2, -0.15) is 4.37 Å². The largest absolute Gasteiger partial charge is 0.354 e. The van der Waals surface area contributed by atoms with Crippen LogP contribution in [0.25, 0.3) is 0 Å². The maximum absolute atomic E-state index is 4.56. The molecule has 1 unspecified atom stereocenters. The molecule has 0 aliphatic rings. The minimum atomic E-state index is 0.00350. The van der Waals surface area contributed by atoms with Crippen molar-refractivity contribution in [3.05, 3.63) is 41.2 Å². The molecule has 1 atom stereocenters. The Kier molecular flexibility index (Phi) is 3.90. The number of benzene rings is 1. The molecule has 1 heterocycles. The fourth-order valence-corrected chi connectivity index (χ4v) is 2.55. The van der Waals surface area contributed by atoms with Gasteiger partial charge in [-0.25, -0.2) is 4.98 Å². The molecule has 0 amide bonds. The summed E-state index contributed by atoms with van der Waals surface area (Å²) in [5, 5.41) is 4.30. The highest BCUT2D eigenvalue weighted by Crippen LogP contribution is 2.25. The van der Waals surface area contributed by atoms with Crippen LogP contribution in [-0.2, 0) is 5.41 Å². The Morgan fingerprint density at radius 2 is 1.79 bits per heavy atom. The van der Waals surface area contributed by atoms with Crippen molar-refractivity contribution in [2.45, 2.75) is 46.1 Å². The van der Waals surface area contributed by atoms with Crippen molar-refractivity contribution in [1.82, 2.24) is 9.36 Å². The van der Waals surface area contributed by atoms with Crippen LogP contribution in [0, 0.1) is 6.92 Å². The third kappa shape index (κ3) is 3.53. The Morgan fingerprint density at radius 3 is 2.32 bits per heavy atom. The van der Waals surface area contributed by atoms with Crippen molar-refractivity contribution in [3.8, 4) is 0 Å². The first-order valence-electron chi connectivity index (χ1n) is 6.53. The number of nitrogens with one attached hydrogen (secondary N) is 1. The highest BCUT2D eigenvalue weighted by atomic mass is 32.1. The van der Waals surface area contributed by atoms with Crippen LogP contribution >= 0.6 is 11.5 Å². The summed E-state index contributed by atoms with van der Waals surface area (Å²) in [6, 6.07) is 8.81. The van der Waals surface area contributed by atoms with Gasteiger partial charge in [-0.3, -0.25) is 0 Å². The van der Waals surface area contributed by atoms with E-state index >= 15 is 0 Å². The normalized spacial score (nSPS) is 13.3. The lowest BCUT2D eigenvalue weighted by Crippen LogP contribution is -2.13. The van der Waals surface area contributed by atoms with E-state index in [9.17, 15) is 0 Å². The van der Waals surface area contributed by atoms with Gasteiger partial charge in [0, 0.05) is 16.9 Å². The predicted octanol–water partition coefficient (Wildman–Crippen LogP) is 4.32. The maximum Gasteiger partial charge on any atom is 0.203 e. The first kappa shape index (κ1) is 14.0. The van der Waals surface area contributed by atoms with Crippen LogP contribution in [0.5, 0.6) is 0 Å². The monoisotopic (exact) mass is 275 g/mol. The van der Waals surface area contributed by atoms with Crippen LogP contribution in [0.1, 0.15) is 50.7 Å². The SMILES string of the molecule is Cc1ccc(C(C)Nc2nc(C(C)(C)C)ns2)cc1. The molecule has 0 radical (unpaired) electrons. The summed E-state index contributed by atoms with van der Waals surface area (Å²) in [5.41, 5.74) is 2.55. The van der Waals surface area contributed by atoms with E-state index in [1.807, 2.05) is 0 Å². The zero-order chi connectivity index (χ0) is 14.0. The summed E-state index contributed by atoms with van der Waals surface area (Å²) in [6.07, 6.45) is 0. The highest BCUT2D eigenvalue weighted by Gasteiger charge is 2.20. The number of aromatic nitrogens is 2. The second-order valence-electron chi connectivity index (χ2n) is 5.95. The number of hydrogen-bond donors (Lipinski definition) is 1. The van der Waals surface area contributed by atoms with Gasteiger partial charge in [0.05, 0.1) is 6.04 Å². The predicted molar refractivity (Wildman–Crippen MR) is 81.8 cm³/mol. The lowest BCUT2D eigenvalue weighted by Gasteiger charge is -2.14. The first-order chi connectivity index (χ1) is 8.86. The molecule has 19 heavy (non-hydrogen) atoms. The molecule has 0 saturated carbocycles. The molecule has 3 nitrogen and oxygen atoms in total. The third-order valence-corrected chi connectivity index (χ3v) is 3.66. The van der Waals surface area contributed by atoms with Gasteiger partial charge in [0.2, 0.25) is 5.13 Å². The molecule has 0 aliphatic heterocycles. The quantitative estimate of drug-likeness (QED) is 0.906. The molecule has 0 spiro atoms. The summed E-state index contributed by atoms with van der Waals surface area (Å²) in [5.74, 6) is 0.899. The van der Waals surface area contributed by atoms with Crippen molar-refractivity contribution >= 4 is 16.7 Å². The first-order valence-corrected chi connectivity index (χ1v) is 7.31. The molecule has 2 aromatic rings. The molecule has 0 bridgehead atoms. The van der Waals surface area contributed by atoms with Gasteiger partial charge in [0.25, 0.3) is 0 Å². The molecule has 0 aliphatic carbocycles. The van der Waals surface area contributed by atoms with Crippen molar-refractivity contribution in [2.24, 2.45) is 0 Å². The Hall–Kier alpha value is -1.42. The van der Waals surface area contributed by atoms with Crippen LogP contribution in [0.15, 0.2) is 24.3 Å². The molecule has 1 aromatic carbocycles. The molecule has 1 aromatic heterocycles. The maximum atomic E-state index is 4.56. The van der Waals surface area contributed by atoms with Crippen LogP contribution in [0.3, 0.4) is 0 Å². The summed E-state index contributed by atoms with van der Waals surface area (Å²) in [7, 11) is 0. The minimum Gasteiger partial charge on any atom is -0.354 e. The van der Waals surface area contributed by atoms with Gasteiger partial charge in [-0.15, -0.1) is 0 Å².